The Labute approximate surface area is 169 Å². The largest absolute Gasteiger partial charge is 0.494 e. The van der Waals surface area contributed by atoms with Crippen LogP contribution in [-0.2, 0) is 6.54 Å². The van der Waals surface area contributed by atoms with E-state index in [-0.39, 0.29) is 18.3 Å². The van der Waals surface area contributed by atoms with Crippen LogP contribution in [-0.4, -0.2) is 29.6 Å². The van der Waals surface area contributed by atoms with Crippen LogP contribution in [0.3, 0.4) is 0 Å². The van der Waals surface area contributed by atoms with Gasteiger partial charge in [-0.25, -0.2) is 9.97 Å². The molecule has 3 aromatic rings. The molecule has 0 saturated carbocycles. The third-order valence-electron chi connectivity index (χ3n) is 4.01. The third-order valence-corrected chi connectivity index (χ3v) is 4.01. The molecule has 0 unspecified atom stereocenters. The Morgan fingerprint density at radius 1 is 0.966 bits per heavy atom. The van der Waals surface area contributed by atoms with E-state index >= 15 is 0 Å². The normalized spacial score (nSPS) is 10.3. The van der Waals surface area contributed by atoms with E-state index in [0.29, 0.717) is 23.8 Å². The lowest BCUT2D eigenvalue weighted by Crippen LogP contribution is -2.24. The van der Waals surface area contributed by atoms with Crippen LogP contribution in [0.1, 0.15) is 29.3 Å². The molecule has 2 aromatic heterocycles. The second-order valence-electron chi connectivity index (χ2n) is 6.13. The number of ether oxygens (including phenoxy) is 3. The van der Waals surface area contributed by atoms with Crippen molar-refractivity contribution in [3.8, 4) is 23.3 Å². The zero-order valence-corrected chi connectivity index (χ0v) is 16.4. The molecule has 29 heavy (non-hydrogen) atoms. The van der Waals surface area contributed by atoms with Gasteiger partial charge in [0.05, 0.1) is 13.7 Å². The molecule has 150 valence electrons. The summed E-state index contributed by atoms with van der Waals surface area (Å²) >= 11 is 0. The summed E-state index contributed by atoms with van der Waals surface area (Å²) in [5.74, 6) is 1.83. The quantitative estimate of drug-likeness (QED) is 0.592. The summed E-state index contributed by atoms with van der Waals surface area (Å²) in [5.41, 5.74) is 1.11. The molecule has 0 aliphatic rings. The Balaban J connectivity index is 1.67. The maximum absolute atomic E-state index is 12.5. The smallest absolute Gasteiger partial charge is 0.257 e. The first-order valence-corrected chi connectivity index (χ1v) is 9.33. The molecule has 3 rings (SSSR count). The van der Waals surface area contributed by atoms with Gasteiger partial charge >= 0.3 is 0 Å². The van der Waals surface area contributed by atoms with Crippen LogP contribution in [0.2, 0.25) is 0 Å². The highest BCUT2D eigenvalue weighted by Gasteiger charge is 2.14. The van der Waals surface area contributed by atoms with Crippen molar-refractivity contribution in [1.82, 2.24) is 15.3 Å². The molecule has 0 saturated heterocycles. The molecule has 2 heterocycles. The van der Waals surface area contributed by atoms with Gasteiger partial charge in [-0.05, 0) is 48.9 Å². The molecule has 0 radical (unpaired) electrons. The molecule has 0 atom stereocenters. The van der Waals surface area contributed by atoms with Gasteiger partial charge in [0.1, 0.15) is 17.1 Å². The van der Waals surface area contributed by atoms with Gasteiger partial charge in [-0.15, -0.1) is 0 Å². The molecule has 0 aliphatic heterocycles. The van der Waals surface area contributed by atoms with E-state index in [1.807, 2.05) is 30.3 Å². The Morgan fingerprint density at radius 2 is 1.66 bits per heavy atom. The number of rotatable bonds is 9. The van der Waals surface area contributed by atoms with Crippen LogP contribution >= 0.6 is 0 Å². The van der Waals surface area contributed by atoms with E-state index in [9.17, 15) is 4.79 Å². The van der Waals surface area contributed by atoms with E-state index in [4.69, 9.17) is 14.2 Å². The number of amides is 1. The standard InChI is InChI=1S/C22H23N3O4/c1-3-14-28-17-8-10-18(11-9-17)29-21-16(6-4-12-23-21)15-25-20(26)19-7-5-13-24-22(19)27-2/h4-13H,3,14-15H2,1-2H3,(H,25,26). The number of carbonyl (C=O) groups excluding carboxylic acids is 1. The van der Waals surface area contributed by atoms with E-state index in [1.54, 1.807) is 30.6 Å². The van der Waals surface area contributed by atoms with Crippen LogP contribution in [0.25, 0.3) is 0 Å². The second-order valence-corrected chi connectivity index (χ2v) is 6.13. The van der Waals surface area contributed by atoms with E-state index in [0.717, 1.165) is 17.7 Å². The highest BCUT2D eigenvalue weighted by Crippen LogP contribution is 2.25. The minimum absolute atomic E-state index is 0.248. The number of benzene rings is 1. The van der Waals surface area contributed by atoms with Crippen molar-refractivity contribution in [3.63, 3.8) is 0 Å². The SMILES string of the molecule is CCCOc1ccc(Oc2ncccc2CNC(=O)c2cccnc2OC)cc1. The number of hydrogen-bond acceptors (Lipinski definition) is 6. The first-order chi connectivity index (χ1) is 14.2. The van der Waals surface area contributed by atoms with Crippen LogP contribution in [0.4, 0.5) is 0 Å². The molecule has 7 heteroatoms. The predicted octanol–water partition coefficient (Wildman–Crippen LogP) is 4.00. The fourth-order valence-corrected chi connectivity index (χ4v) is 2.58. The number of pyridine rings is 2. The molecule has 0 aliphatic carbocycles. The molecule has 1 N–H and O–H groups in total. The lowest BCUT2D eigenvalue weighted by molar-refractivity contribution is 0.0947. The van der Waals surface area contributed by atoms with Crippen molar-refractivity contribution >= 4 is 5.91 Å². The maximum atomic E-state index is 12.5. The first kappa shape index (κ1) is 20.1. The van der Waals surface area contributed by atoms with Crippen molar-refractivity contribution in [2.75, 3.05) is 13.7 Å². The van der Waals surface area contributed by atoms with Crippen molar-refractivity contribution in [2.24, 2.45) is 0 Å². The van der Waals surface area contributed by atoms with E-state index in [1.165, 1.54) is 7.11 Å². The molecular weight excluding hydrogens is 370 g/mol. The Morgan fingerprint density at radius 3 is 2.38 bits per heavy atom. The van der Waals surface area contributed by atoms with Crippen LogP contribution in [0.5, 0.6) is 23.3 Å². The Kier molecular flexibility index (Phi) is 7.00. The molecule has 0 bridgehead atoms. The fourth-order valence-electron chi connectivity index (χ4n) is 2.58. The molecule has 7 nitrogen and oxygen atoms in total. The lowest BCUT2D eigenvalue weighted by atomic mass is 10.2. The molecular formula is C22H23N3O4. The van der Waals surface area contributed by atoms with Crippen LogP contribution in [0, 0.1) is 0 Å². The minimum atomic E-state index is -0.290. The summed E-state index contributed by atoms with van der Waals surface area (Å²) in [7, 11) is 1.48. The molecule has 1 aromatic carbocycles. The average Bonchev–Trinajstić information content (AvgIpc) is 2.77. The summed E-state index contributed by atoms with van der Waals surface area (Å²) in [6.07, 6.45) is 4.16. The lowest BCUT2D eigenvalue weighted by Gasteiger charge is -2.12. The summed E-state index contributed by atoms with van der Waals surface area (Å²) in [6, 6.07) is 14.3. The average molecular weight is 393 g/mol. The third kappa shape index (κ3) is 5.44. The highest BCUT2D eigenvalue weighted by molar-refractivity contribution is 5.96. The van der Waals surface area contributed by atoms with E-state index in [2.05, 4.69) is 22.2 Å². The van der Waals surface area contributed by atoms with Gasteiger partial charge < -0.3 is 19.5 Å². The number of carbonyl (C=O) groups is 1. The zero-order chi connectivity index (χ0) is 20.5. The zero-order valence-electron chi connectivity index (χ0n) is 16.4. The second kappa shape index (κ2) is 10.1. The van der Waals surface area contributed by atoms with Gasteiger partial charge in [0, 0.05) is 24.5 Å². The number of methoxy groups -OCH3 is 1. The van der Waals surface area contributed by atoms with Crippen molar-refractivity contribution in [3.05, 3.63) is 72.1 Å². The van der Waals surface area contributed by atoms with Crippen LogP contribution in [0.15, 0.2) is 60.9 Å². The summed E-state index contributed by atoms with van der Waals surface area (Å²) < 4.78 is 16.6. The van der Waals surface area contributed by atoms with Gasteiger partial charge in [-0.1, -0.05) is 13.0 Å². The van der Waals surface area contributed by atoms with Gasteiger partial charge in [0.15, 0.2) is 0 Å². The topological polar surface area (TPSA) is 82.6 Å². The maximum Gasteiger partial charge on any atom is 0.257 e. The number of nitrogens with one attached hydrogen (secondary N) is 1. The van der Waals surface area contributed by atoms with E-state index < -0.39 is 0 Å². The number of hydrogen-bond donors (Lipinski definition) is 1. The monoisotopic (exact) mass is 393 g/mol. The fraction of sp³-hybridized carbons (Fsp3) is 0.227. The highest BCUT2D eigenvalue weighted by atomic mass is 16.5. The summed E-state index contributed by atoms with van der Waals surface area (Å²) in [5, 5.41) is 2.85. The van der Waals surface area contributed by atoms with Crippen LogP contribution < -0.4 is 19.5 Å². The Hall–Kier alpha value is -3.61. The van der Waals surface area contributed by atoms with Gasteiger partial charge in [-0.2, -0.15) is 0 Å². The minimum Gasteiger partial charge on any atom is -0.494 e. The van der Waals surface area contributed by atoms with Gasteiger partial charge in [0.2, 0.25) is 11.8 Å². The first-order valence-electron chi connectivity index (χ1n) is 9.33. The number of aromatic nitrogens is 2. The van der Waals surface area contributed by atoms with Gasteiger partial charge in [0.25, 0.3) is 5.91 Å². The molecule has 1 amide bonds. The Bertz CT molecular complexity index is 945. The van der Waals surface area contributed by atoms with Gasteiger partial charge in [-0.3, -0.25) is 4.79 Å². The van der Waals surface area contributed by atoms with Crippen molar-refractivity contribution < 1.29 is 19.0 Å². The molecule has 0 fully saturated rings. The van der Waals surface area contributed by atoms with Crippen molar-refractivity contribution in [2.45, 2.75) is 19.9 Å². The predicted molar refractivity (Wildman–Crippen MR) is 108 cm³/mol. The number of nitrogens with zero attached hydrogens (tertiary/aromatic N) is 2. The summed E-state index contributed by atoms with van der Waals surface area (Å²) in [6.45, 7) is 2.98. The van der Waals surface area contributed by atoms with Crippen molar-refractivity contribution in [1.29, 1.82) is 0 Å². The summed E-state index contributed by atoms with van der Waals surface area (Å²) in [4.78, 5) is 20.8. The molecule has 0 spiro atoms.